The molecular weight excluding hydrogens is 444 g/mol. The molecule has 1 amide bonds. The van der Waals surface area contributed by atoms with Crippen molar-refractivity contribution in [1.29, 1.82) is 0 Å². The average Bonchev–Trinajstić information content (AvgIpc) is 3.29. The zero-order valence-electron chi connectivity index (χ0n) is 16.8. The number of amides is 1. The van der Waals surface area contributed by atoms with Gasteiger partial charge < -0.3 is 31.1 Å². The van der Waals surface area contributed by atoms with E-state index < -0.39 is 23.4 Å². The first-order chi connectivity index (χ1) is 15.2. The summed E-state index contributed by atoms with van der Waals surface area (Å²) in [5.41, 5.74) is 11.4. The molecular formula is C18H22N6O7S. The molecule has 0 radical (unpaired) electrons. The summed E-state index contributed by atoms with van der Waals surface area (Å²) in [6.07, 6.45) is 1.14. The number of carbonyl (C=O) groups is 3. The molecule has 2 aromatic heterocycles. The second-order valence-electron chi connectivity index (χ2n) is 7.13. The summed E-state index contributed by atoms with van der Waals surface area (Å²) in [7, 11) is 0. The molecule has 3 heterocycles. The first-order valence-corrected chi connectivity index (χ1v) is 10.4. The van der Waals surface area contributed by atoms with Crippen LogP contribution in [-0.2, 0) is 14.4 Å². The maximum absolute atomic E-state index is 12.1. The summed E-state index contributed by atoms with van der Waals surface area (Å²) < 4.78 is 4.86. The van der Waals surface area contributed by atoms with Crippen molar-refractivity contribution in [3.05, 3.63) is 34.5 Å². The Balaban J connectivity index is 1.50. The summed E-state index contributed by atoms with van der Waals surface area (Å²) in [5.74, 6) is -2.55. The first kappa shape index (κ1) is 23.1. The fourth-order valence-corrected chi connectivity index (χ4v) is 4.11. The maximum Gasteiger partial charge on any atom is 0.332 e. The van der Waals surface area contributed by atoms with Crippen LogP contribution in [-0.4, -0.2) is 50.3 Å². The van der Waals surface area contributed by atoms with Crippen molar-refractivity contribution in [1.82, 2.24) is 15.4 Å². The van der Waals surface area contributed by atoms with E-state index in [1.54, 1.807) is 0 Å². The van der Waals surface area contributed by atoms with Crippen LogP contribution in [0.3, 0.4) is 0 Å². The van der Waals surface area contributed by atoms with E-state index in [0.29, 0.717) is 23.7 Å². The Morgan fingerprint density at radius 2 is 2.19 bits per heavy atom. The molecule has 0 bridgehead atoms. The SMILES string of the molecule is Nc1nc2c(c(=O)[nH]1)SC(CC[C@](N)(CCC(=O)ONC(=O)c1ccco1)C(=O)O)CN2. The Labute approximate surface area is 185 Å². The second kappa shape index (κ2) is 9.74. The number of fused-ring (bicyclic) bond motifs is 1. The van der Waals surface area contributed by atoms with Crippen molar-refractivity contribution in [2.45, 2.75) is 41.4 Å². The van der Waals surface area contributed by atoms with E-state index in [-0.39, 0.29) is 41.8 Å². The lowest BCUT2D eigenvalue weighted by molar-refractivity contribution is -0.150. The number of carboxylic acids is 1. The number of thioether (sulfide) groups is 1. The Morgan fingerprint density at radius 3 is 2.88 bits per heavy atom. The van der Waals surface area contributed by atoms with Crippen molar-refractivity contribution < 1.29 is 28.7 Å². The monoisotopic (exact) mass is 466 g/mol. The number of anilines is 2. The lowest BCUT2D eigenvalue weighted by Crippen LogP contribution is -2.49. The van der Waals surface area contributed by atoms with E-state index in [4.69, 9.17) is 15.9 Å². The van der Waals surface area contributed by atoms with E-state index in [1.165, 1.54) is 30.2 Å². The van der Waals surface area contributed by atoms with Gasteiger partial charge in [-0.15, -0.1) is 11.8 Å². The van der Waals surface area contributed by atoms with Gasteiger partial charge in [-0.3, -0.25) is 19.4 Å². The van der Waals surface area contributed by atoms with Crippen LogP contribution in [0.2, 0.25) is 0 Å². The third-order valence-electron chi connectivity index (χ3n) is 4.79. The number of nitrogens with two attached hydrogens (primary N) is 2. The van der Waals surface area contributed by atoms with Crippen molar-refractivity contribution in [3.63, 3.8) is 0 Å². The standard InChI is InChI=1S/C18H22N6O7S/c19-17-22-13-12(15(27)23-17)32-9(8-21-13)3-5-18(20,16(28)29)6-4-11(25)31-24-14(26)10-2-1-7-30-10/h1-2,7,9H,3-6,8,20H2,(H,24,26)(H,28,29)(H4,19,21,22,23,27)/t9?,18-/m0/s1. The highest BCUT2D eigenvalue weighted by Crippen LogP contribution is 2.34. The number of aliphatic carboxylic acids is 1. The van der Waals surface area contributed by atoms with Gasteiger partial charge in [0.25, 0.3) is 5.56 Å². The van der Waals surface area contributed by atoms with Gasteiger partial charge in [0.1, 0.15) is 16.3 Å². The summed E-state index contributed by atoms with van der Waals surface area (Å²) in [6.45, 7) is 0.435. The van der Waals surface area contributed by atoms with Crippen LogP contribution in [0.15, 0.2) is 32.5 Å². The number of aromatic nitrogens is 2. The molecule has 0 aromatic carbocycles. The number of H-pyrrole nitrogens is 1. The Morgan fingerprint density at radius 1 is 1.41 bits per heavy atom. The smallest absolute Gasteiger partial charge is 0.332 e. The molecule has 3 rings (SSSR count). The van der Waals surface area contributed by atoms with E-state index >= 15 is 0 Å². The molecule has 0 saturated carbocycles. The molecule has 2 atom stereocenters. The normalized spacial score (nSPS) is 16.8. The molecule has 1 aliphatic heterocycles. The minimum Gasteiger partial charge on any atom is -0.480 e. The van der Waals surface area contributed by atoms with Gasteiger partial charge in [0.2, 0.25) is 5.95 Å². The molecule has 32 heavy (non-hydrogen) atoms. The third kappa shape index (κ3) is 5.59. The summed E-state index contributed by atoms with van der Waals surface area (Å²) >= 11 is 1.26. The van der Waals surface area contributed by atoms with Crippen LogP contribution in [0.5, 0.6) is 0 Å². The number of aromatic amines is 1. The molecule has 8 N–H and O–H groups in total. The second-order valence-corrected chi connectivity index (χ2v) is 8.44. The number of nitrogen functional groups attached to an aromatic ring is 1. The first-order valence-electron chi connectivity index (χ1n) is 9.54. The van der Waals surface area contributed by atoms with E-state index in [1.807, 2.05) is 5.48 Å². The minimum atomic E-state index is -1.70. The number of hydroxylamine groups is 1. The van der Waals surface area contributed by atoms with Gasteiger partial charge in [0, 0.05) is 11.8 Å². The molecule has 0 spiro atoms. The lowest BCUT2D eigenvalue weighted by atomic mass is 9.88. The number of furan rings is 1. The highest BCUT2D eigenvalue weighted by atomic mass is 32.2. The van der Waals surface area contributed by atoms with E-state index in [9.17, 15) is 24.3 Å². The number of nitrogens with one attached hydrogen (secondary N) is 3. The predicted octanol–water partition coefficient (Wildman–Crippen LogP) is 0.0620. The molecule has 13 nitrogen and oxygen atoms in total. The van der Waals surface area contributed by atoms with Crippen LogP contribution in [0.4, 0.5) is 11.8 Å². The zero-order chi connectivity index (χ0) is 23.3. The molecule has 1 aliphatic rings. The molecule has 0 saturated heterocycles. The quantitative estimate of drug-likeness (QED) is 0.285. The number of carboxylic acid groups (broad SMARTS) is 1. The lowest BCUT2D eigenvalue weighted by Gasteiger charge is -2.29. The number of carbonyl (C=O) groups excluding carboxylic acids is 2. The molecule has 0 fully saturated rings. The fourth-order valence-electron chi connectivity index (χ4n) is 2.98. The fraction of sp³-hybridized carbons (Fsp3) is 0.389. The number of rotatable bonds is 8. The van der Waals surface area contributed by atoms with Crippen LogP contribution < -0.4 is 27.8 Å². The van der Waals surface area contributed by atoms with Crippen LogP contribution >= 0.6 is 11.8 Å². The molecule has 172 valence electrons. The number of nitrogens with zero attached hydrogens (tertiary/aromatic N) is 1. The van der Waals surface area contributed by atoms with Crippen molar-refractivity contribution in [3.8, 4) is 0 Å². The molecule has 2 aromatic rings. The third-order valence-corrected chi connectivity index (χ3v) is 6.14. The van der Waals surface area contributed by atoms with Crippen molar-refractivity contribution in [2.75, 3.05) is 17.6 Å². The summed E-state index contributed by atoms with van der Waals surface area (Å²) in [4.78, 5) is 58.9. The summed E-state index contributed by atoms with van der Waals surface area (Å²) in [6, 6.07) is 2.88. The van der Waals surface area contributed by atoms with Gasteiger partial charge >= 0.3 is 17.8 Å². The van der Waals surface area contributed by atoms with Crippen LogP contribution in [0.1, 0.15) is 36.2 Å². The number of hydrogen-bond donors (Lipinski definition) is 6. The topological polar surface area (TPSA) is 216 Å². The Kier molecular flexibility index (Phi) is 7.05. The van der Waals surface area contributed by atoms with Gasteiger partial charge in [-0.2, -0.15) is 10.5 Å². The molecule has 1 unspecified atom stereocenters. The largest absolute Gasteiger partial charge is 0.480 e. The minimum absolute atomic E-state index is 0.000566. The van der Waals surface area contributed by atoms with Crippen molar-refractivity contribution >= 4 is 41.4 Å². The van der Waals surface area contributed by atoms with Gasteiger partial charge in [-0.1, -0.05) is 0 Å². The van der Waals surface area contributed by atoms with Crippen LogP contribution in [0, 0.1) is 0 Å². The average molecular weight is 466 g/mol. The van der Waals surface area contributed by atoms with Gasteiger partial charge in [0.05, 0.1) is 12.7 Å². The van der Waals surface area contributed by atoms with Gasteiger partial charge in [0.15, 0.2) is 5.76 Å². The maximum atomic E-state index is 12.1. The summed E-state index contributed by atoms with van der Waals surface area (Å²) in [5, 5.41) is 12.5. The highest BCUT2D eigenvalue weighted by Gasteiger charge is 2.36. The predicted molar refractivity (Wildman–Crippen MR) is 113 cm³/mol. The highest BCUT2D eigenvalue weighted by molar-refractivity contribution is 8.00. The van der Waals surface area contributed by atoms with Gasteiger partial charge in [-0.05, 0) is 31.4 Å². The van der Waals surface area contributed by atoms with Gasteiger partial charge in [-0.25, -0.2) is 4.79 Å². The van der Waals surface area contributed by atoms with E-state index in [2.05, 4.69) is 20.1 Å². The Bertz CT molecular complexity index is 1060. The Hall–Kier alpha value is -3.52. The zero-order valence-corrected chi connectivity index (χ0v) is 17.6. The molecule has 0 aliphatic carbocycles. The van der Waals surface area contributed by atoms with Crippen molar-refractivity contribution in [2.24, 2.45) is 5.73 Å². The van der Waals surface area contributed by atoms with E-state index in [0.717, 1.165) is 0 Å². The van der Waals surface area contributed by atoms with Crippen LogP contribution in [0.25, 0.3) is 0 Å². The number of hydrogen-bond acceptors (Lipinski definition) is 11. The molecule has 14 heteroatoms.